The molecular formula is C27H42O3Si2. The van der Waals surface area contributed by atoms with Gasteiger partial charge in [0.05, 0.1) is 6.10 Å². The summed E-state index contributed by atoms with van der Waals surface area (Å²) in [6.45, 7) is 18.7. The first-order chi connectivity index (χ1) is 14.8. The number of hydrogen-bond donors (Lipinski definition) is 0. The van der Waals surface area contributed by atoms with Crippen molar-refractivity contribution in [3.63, 3.8) is 0 Å². The molecule has 0 saturated heterocycles. The van der Waals surface area contributed by atoms with Crippen LogP contribution in [0.1, 0.15) is 54.4 Å². The minimum atomic E-state index is -2.69. The summed E-state index contributed by atoms with van der Waals surface area (Å²) in [6, 6.07) is 21.2. The van der Waals surface area contributed by atoms with Gasteiger partial charge in [-0.3, -0.25) is 0 Å². The summed E-state index contributed by atoms with van der Waals surface area (Å²) in [7, 11) is -4.54. The van der Waals surface area contributed by atoms with Gasteiger partial charge in [-0.05, 0) is 40.0 Å². The van der Waals surface area contributed by atoms with Crippen LogP contribution in [0.25, 0.3) is 0 Å². The second-order valence-electron chi connectivity index (χ2n) is 11.2. The van der Waals surface area contributed by atoms with E-state index in [0.717, 1.165) is 12.7 Å². The zero-order chi connectivity index (χ0) is 24.0. The number of hydrogen-bond acceptors (Lipinski definition) is 3. The summed E-state index contributed by atoms with van der Waals surface area (Å²) in [4.78, 5) is 11.6. The third-order valence-corrected chi connectivity index (χ3v) is 16.5. The summed E-state index contributed by atoms with van der Waals surface area (Å²) in [6.07, 6.45) is 1.92. The van der Waals surface area contributed by atoms with E-state index in [1.807, 2.05) is 12.1 Å². The Hall–Kier alpha value is -1.54. The third kappa shape index (κ3) is 6.07. The van der Waals surface area contributed by atoms with Crippen molar-refractivity contribution in [2.75, 3.05) is 6.61 Å². The molecule has 2 rings (SSSR count). The van der Waals surface area contributed by atoms with Crippen molar-refractivity contribution in [2.45, 2.75) is 83.7 Å². The van der Waals surface area contributed by atoms with Crippen LogP contribution in [0.15, 0.2) is 60.7 Å². The topological polar surface area (TPSA) is 35.5 Å². The molecule has 176 valence electrons. The molecular weight excluding hydrogens is 428 g/mol. The second kappa shape index (κ2) is 10.6. The van der Waals surface area contributed by atoms with Crippen LogP contribution < -0.4 is 10.4 Å². The van der Waals surface area contributed by atoms with E-state index < -0.39 is 16.6 Å². The van der Waals surface area contributed by atoms with Crippen molar-refractivity contribution in [3.05, 3.63) is 60.7 Å². The van der Waals surface area contributed by atoms with Gasteiger partial charge >= 0.3 is 0 Å². The van der Waals surface area contributed by atoms with E-state index in [1.54, 1.807) is 0 Å². The zero-order valence-corrected chi connectivity index (χ0v) is 23.3. The first-order valence-electron chi connectivity index (χ1n) is 11.7. The minimum Gasteiger partial charge on any atom is -0.417 e. The Kier molecular flexibility index (Phi) is 8.85. The molecule has 32 heavy (non-hydrogen) atoms. The van der Waals surface area contributed by atoms with Crippen molar-refractivity contribution in [1.82, 2.24) is 0 Å². The normalized spacial score (nSPS) is 14.2. The Bertz CT molecular complexity index is 797. The van der Waals surface area contributed by atoms with Crippen LogP contribution in [0.3, 0.4) is 0 Å². The monoisotopic (exact) mass is 470 g/mol. The quantitative estimate of drug-likeness (QED) is 0.319. The van der Waals surface area contributed by atoms with Crippen molar-refractivity contribution >= 4 is 33.3 Å². The summed E-state index contributed by atoms with van der Waals surface area (Å²) in [5, 5.41) is 2.52. The molecule has 0 aliphatic rings. The fraction of sp³-hybridized carbons (Fsp3) is 0.519. The van der Waals surface area contributed by atoms with Gasteiger partial charge < -0.3 is 13.6 Å². The molecule has 5 heteroatoms. The molecule has 0 aliphatic heterocycles. The molecule has 0 spiro atoms. The van der Waals surface area contributed by atoms with Gasteiger partial charge in [0.25, 0.3) is 8.32 Å². The van der Waals surface area contributed by atoms with Gasteiger partial charge in [-0.15, -0.1) is 0 Å². The van der Waals surface area contributed by atoms with Crippen LogP contribution in [0.5, 0.6) is 0 Å². The maximum Gasteiger partial charge on any atom is 0.261 e. The number of carbonyl (C=O) groups is 1. The van der Waals surface area contributed by atoms with Crippen LogP contribution in [-0.4, -0.2) is 35.6 Å². The van der Waals surface area contributed by atoms with E-state index in [0.29, 0.717) is 13.0 Å². The maximum absolute atomic E-state index is 11.6. The average molecular weight is 471 g/mol. The molecule has 1 atom stereocenters. The molecule has 0 radical (unpaired) electrons. The van der Waals surface area contributed by atoms with Crippen LogP contribution >= 0.6 is 0 Å². The summed E-state index contributed by atoms with van der Waals surface area (Å²) >= 11 is 0. The van der Waals surface area contributed by atoms with Crippen LogP contribution in [-0.2, 0) is 13.6 Å². The third-order valence-electron chi connectivity index (χ3n) is 6.83. The first-order valence-corrected chi connectivity index (χ1v) is 16.5. The number of rotatable bonds is 10. The molecule has 0 unspecified atom stereocenters. The minimum absolute atomic E-state index is 0.114. The molecule has 0 saturated carbocycles. The van der Waals surface area contributed by atoms with E-state index in [9.17, 15) is 4.79 Å². The predicted molar refractivity (Wildman–Crippen MR) is 141 cm³/mol. The summed E-state index contributed by atoms with van der Waals surface area (Å²) in [5.74, 6) is 0. The SMILES string of the molecule is CC(C)(C)[Si](C)(C)OCC[C@@H](CC=O)O[Si](c1ccccc1)(c1ccccc1)C(C)(C)C. The molecule has 0 heterocycles. The van der Waals surface area contributed by atoms with Gasteiger partial charge in [0, 0.05) is 13.0 Å². The average Bonchev–Trinajstić information content (AvgIpc) is 2.71. The highest BCUT2D eigenvalue weighted by atomic mass is 28.4. The molecule has 2 aromatic rings. The van der Waals surface area contributed by atoms with Gasteiger partial charge in [0.1, 0.15) is 6.29 Å². The standard InChI is InChI=1S/C27H42O3Si2/c1-26(2,3)31(7,8)29-22-20-23(19-21-28)30-32(27(4,5)6,24-15-11-9-12-16-24)25-17-13-10-14-18-25/h9-18,21,23H,19-20,22H2,1-8H3/t23-/m1/s1. The molecule has 0 fully saturated rings. The van der Waals surface area contributed by atoms with Crippen LogP contribution in [0.2, 0.25) is 23.2 Å². The number of aldehydes is 1. The van der Waals surface area contributed by atoms with E-state index in [1.165, 1.54) is 10.4 Å². The Morgan fingerprint density at radius 1 is 0.812 bits per heavy atom. The first kappa shape index (κ1) is 26.7. The van der Waals surface area contributed by atoms with Crippen molar-refractivity contribution in [3.8, 4) is 0 Å². The molecule has 2 aromatic carbocycles. The highest BCUT2D eigenvalue weighted by Gasteiger charge is 2.51. The lowest BCUT2D eigenvalue weighted by atomic mass is 10.2. The Balaban J connectivity index is 2.43. The number of benzene rings is 2. The maximum atomic E-state index is 11.6. The molecule has 3 nitrogen and oxygen atoms in total. The largest absolute Gasteiger partial charge is 0.417 e. The van der Waals surface area contributed by atoms with Gasteiger partial charge in [-0.1, -0.05) is 102 Å². The van der Waals surface area contributed by atoms with Crippen molar-refractivity contribution < 1.29 is 13.6 Å². The lowest BCUT2D eigenvalue weighted by molar-refractivity contribution is -0.109. The van der Waals surface area contributed by atoms with Crippen molar-refractivity contribution in [1.29, 1.82) is 0 Å². The summed E-state index contributed by atoms with van der Waals surface area (Å²) < 4.78 is 13.6. The predicted octanol–water partition coefficient (Wildman–Crippen LogP) is 5.93. The lowest BCUT2D eigenvalue weighted by Gasteiger charge is -2.45. The fourth-order valence-corrected chi connectivity index (χ4v) is 9.73. The smallest absolute Gasteiger partial charge is 0.261 e. The summed E-state index contributed by atoms with van der Waals surface area (Å²) in [5.41, 5.74) is 0. The number of carbonyl (C=O) groups excluding carboxylic acids is 1. The lowest BCUT2D eigenvalue weighted by Crippen LogP contribution is -2.67. The van der Waals surface area contributed by atoms with Crippen LogP contribution in [0.4, 0.5) is 0 Å². The molecule has 0 N–H and O–H groups in total. The molecule has 0 aromatic heterocycles. The Morgan fingerprint density at radius 2 is 1.28 bits per heavy atom. The van der Waals surface area contributed by atoms with E-state index in [4.69, 9.17) is 8.85 Å². The highest BCUT2D eigenvalue weighted by Crippen LogP contribution is 2.39. The van der Waals surface area contributed by atoms with E-state index in [-0.39, 0.29) is 16.2 Å². The van der Waals surface area contributed by atoms with Crippen LogP contribution in [0, 0.1) is 0 Å². The van der Waals surface area contributed by atoms with Crippen molar-refractivity contribution in [2.24, 2.45) is 0 Å². The molecule has 0 amide bonds. The second-order valence-corrected chi connectivity index (χ2v) is 20.3. The van der Waals surface area contributed by atoms with Gasteiger partial charge in [-0.25, -0.2) is 0 Å². The van der Waals surface area contributed by atoms with Gasteiger partial charge in [0.2, 0.25) is 0 Å². The molecule has 0 bridgehead atoms. The Labute approximate surface area is 197 Å². The molecule has 0 aliphatic carbocycles. The fourth-order valence-electron chi connectivity index (χ4n) is 3.94. The highest BCUT2D eigenvalue weighted by molar-refractivity contribution is 6.99. The van der Waals surface area contributed by atoms with Gasteiger partial charge in [-0.2, -0.15) is 0 Å². The van der Waals surface area contributed by atoms with E-state index in [2.05, 4.69) is 103 Å². The van der Waals surface area contributed by atoms with Gasteiger partial charge in [0.15, 0.2) is 8.32 Å². The van der Waals surface area contributed by atoms with E-state index >= 15 is 0 Å². The zero-order valence-electron chi connectivity index (χ0n) is 21.3. The Morgan fingerprint density at radius 3 is 1.66 bits per heavy atom.